The quantitative estimate of drug-likeness (QED) is 0.390. The Bertz CT molecular complexity index is 1310. The standard InChI is InChI=1S/C32H49N9/c1-5-28-32(36-24-8-6-22(4)7-9-24)38-29-27(19-34-31(33)30(29)37-28)23-18-35-41(20-23)26-12-16-40(17-13-26)25-10-14-39(15-11-25)21(2)3/h18-22,24-26H,5-17H2,1-4H3,(H2,33,34)(H,36,38). The van der Waals surface area contributed by atoms with Crippen LogP contribution in [0, 0.1) is 5.92 Å². The molecule has 2 aliphatic heterocycles. The Morgan fingerprint density at radius 2 is 1.61 bits per heavy atom. The average molecular weight is 560 g/mol. The summed E-state index contributed by atoms with van der Waals surface area (Å²) in [7, 11) is 0. The van der Waals surface area contributed by atoms with Crippen molar-refractivity contribution >= 4 is 22.7 Å². The van der Waals surface area contributed by atoms with Gasteiger partial charge in [-0.05, 0) is 90.6 Å². The SMILES string of the molecule is CCc1nc2c(N)ncc(-c3cnn(C4CCN(C5CCN(C(C)C)CC5)CC4)c3)c2nc1NC1CCC(C)CC1. The normalized spacial score (nSPS) is 23.9. The first-order valence-electron chi connectivity index (χ1n) is 16.1. The van der Waals surface area contributed by atoms with Crippen molar-refractivity contribution in [3.8, 4) is 11.1 Å². The van der Waals surface area contributed by atoms with Gasteiger partial charge in [-0.15, -0.1) is 0 Å². The Hall–Kier alpha value is -2.78. The van der Waals surface area contributed by atoms with Crippen molar-refractivity contribution < 1.29 is 0 Å². The van der Waals surface area contributed by atoms with E-state index in [1.807, 2.05) is 12.4 Å². The molecule has 5 heterocycles. The van der Waals surface area contributed by atoms with Crippen molar-refractivity contribution in [1.82, 2.24) is 34.5 Å². The number of aromatic nitrogens is 5. The van der Waals surface area contributed by atoms with E-state index in [2.05, 4.69) is 58.7 Å². The molecule has 6 rings (SSSR count). The van der Waals surface area contributed by atoms with Crippen LogP contribution in [0.15, 0.2) is 18.6 Å². The molecule has 0 aromatic carbocycles. The van der Waals surface area contributed by atoms with Crippen molar-refractivity contribution in [2.75, 3.05) is 37.2 Å². The molecule has 41 heavy (non-hydrogen) atoms. The number of nitrogens with two attached hydrogens (primary N) is 1. The molecule has 3 fully saturated rings. The van der Waals surface area contributed by atoms with E-state index in [0.717, 1.165) is 72.5 Å². The molecule has 0 atom stereocenters. The maximum absolute atomic E-state index is 6.33. The summed E-state index contributed by atoms with van der Waals surface area (Å²) in [6.45, 7) is 13.9. The first-order chi connectivity index (χ1) is 19.9. The second-order valence-corrected chi connectivity index (χ2v) is 13.1. The van der Waals surface area contributed by atoms with Gasteiger partial charge < -0.3 is 20.9 Å². The third-order valence-corrected chi connectivity index (χ3v) is 10.0. The zero-order chi connectivity index (χ0) is 28.5. The molecule has 0 amide bonds. The molecule has 9 heteroatoms. The fourth-order valence-electron chi connectivity index (χ4n) is 7.22. The summed E-state index contributed by atoms with van der Waals surface area (Å²) in [5.74, 6) is 2.14. The Balaban J connectivity index is 1.18. The van der Waals surface area contributed by atoms with Crippen molar-refractivity contribution in [2.45, 2.75) is 110 Å². The van der Waals surface area contributed by atoms with Crippen LogP contribution in [-0.4, -0.2) is 78.8 Å². The summed E-state index contributed by atoms with van der Waals surface area (Å²) in [5.41, 5.74) is 10.8. The lowest BCUT2D eigenvalue weighted by molar-refractivity contribution is 0.0672. The summed E-state index contributed by atoms with van der Waals surface area (Å²) in [5, 5.41) is 8.58. The van der Waals surface area contributed by atoms with Gasteiger partial charge in [0.1, 0.15) is 16.9 Å². The van der Waals surface area contributed by atoms with Crippen molar-refractivity contribution in [3.63, 3.8) is 0 Å². The van der Waals surface area contributed by atoms with E-state index in [-0.39, 0.29) is 0 Å². The van der Waals surface area contributed by atoms with Gasteiger partial charge in [0.25, 0.3) is 0 Å². The summed E-state index contributed by atoms with van der Waals surface area (Å²) < 4.78 is 2.17. The molecule has 2 saturated heterocycles. The highest BCUT2D eigenvalue weighted by molar-refractivity contribution is 5.96. The Morgan fingerprint density at radius 1 is 0.902 bits per heavy atom. The number of hydrogen-bond acceptors (Lipinski definition) is 8. The minimum absolute atomic E-state index is 0.424. The van der Waals surface area contributed by atoms with Crippen molar-refractivity contribution in [1.29, 1.82) is 0 Å². The van der Waals surface area contributed by atoms with Gasteiger partial charge in [-0.1, -0.05) is 13.8 Å². The predicted octanol–water partition coefficient (Wildman–Crippen LogP) is 5.53. The molecule has 3 aliphatic rings. The van der Waals surface area contributed by atoms with Crippen LogP contribution >= 0.6 is 0 Å². The maximum atomic E-state index is 6.33. The Labute approximate surface area is 245 Å². The number of piperidine rings is 2. The minimum atomic E-state index is 0.424. The number of pyridine rings is 1. The molecule has 3 aromatic heterocycles. The molecular weight excluding hydrogens is 510 g/mol. The molecule has 222 valence electrons. The number of aryl methyl sites for hydroxylation is 1. The monoisotopic (exact) mass is 559 g/mol. The van der Waals surface area contributed by atoms with Gasteiger partial charge in [-0.2, -0.15) is 5.10 Å². The molecule has 0 unspecified atom stereocenters. The number of anilines is 2. The predicted molar refractivity (Wildman–Crippen MR) is 167 cm³/mol. The molecule has 1 aliphatic carbocycles. The molecule has 0 spiro atoms. The molecule has 9 nitrogen and oxygen atoms in total. The fraction of sp³-hybridized carbons (Fsp3) is 0.688. The van der Waals surface area contributed by atoms with Crippen LogP contribution in [0.4, 0.5) is 11.6 Å². The zero-order valence-electron chi connectivity index (χ0n) is 25.5. The number of likely N-dealkylation sites (tertiary alicyclic amines) is 2. The highest BCUT2D eigenvalue weighted by atomic mass is 15.3. The highest BCUT2D eigenvalue weighted by Gasteiger charge is 2.30. The smallest absolute Gasteiger partial charge is 0.151 e. The molecule has 0 radical (unpaired) electrons. The van der Waals surface area contributed by atoms with Crippen molar-refractivity contribution in [3.05, 3.63) is 24.3 Å². The van der Waals surface area contributed by atoms with Gasteiger partial charge >= 0.3 is 0 Å². The van der Waals surface area contributed by atoms with Crippen LogP contribution in [0.25, 0.3) is 22.2 Å². The number of nitrogens with zero attached hydrogens (tertiary/aromatic N) is 7. The number of fused-ring (bicyclic) bond motifs is 1. The molecule has 3 aromatic rings. The molecule has 3 N–H and O–H groups in total. The highest BCUT2D eigenvalue weighted by Crippen LogP contribution is 2.34. The third kappa shape index (κ3) is 6.07. The maximum Gasteiger partial charge on any atom is 0.151 e. The van der Waals surface area contributed by atoms with Crippen molar-refractivity contribution in [2.24, 2.45) is 5.92 Å². The van der Waals surface area contributed by atoms with E-state index in [0.29, 0.717) is 29.5 Å². The average Bonchev–Trinajstić information content (AvgIpc) is 3.48. The van der Waals surface area contributed by atoms with E-state index in [9.17, 15) is 0 Å². The van der Waals surface area contributed by atoms with Gasteiger partial charge in [0.2, 0.25) is 0 Å². The summed E-state index contributed by atoms with van der Waals surface area (Å²) >= 11 is 0. The lowest BCUT2D eigenvalue weighted by Crippen LogP contribution is -2.49. The van der Waals surface area contributed by atoms with Crippen LogP contribution in [0.1, 0.15) is 90.8 Å². The van der Waals surface area contributed by atoms with E-state index < -0.39 is 0 Å². The minimum Gasteiger partial charge on any atom is -0.382 e. The first-order valence-corrected chi connectivity index (χ1v) is 16.1. The number of rotatable bonds is 7. The molecule has 1 saturated carbocycles. The van der Waals surface area contributed by atoms with Crippen LogP contribution < -0.4 is 11.1 Å². The van der Waals surface area contributed by atoms with E-state index >= 15 is 0 Å². The van der Waals surface area contributed by atoms with Gasteiger partial charge in [0.15, 0.2) is 5.82 Å². The lowest BCUT2D eigenvalue weighted by atomic mass is 9.87. The second-order valence-electron chi connectivity index (χ2n) is 13.1. The lowest BCUT2D eigenvalue weighted by Gasteiger charge is -2.42. The molecular formula is C32H49N9. The van der Waals surface area contributed by atoms with Crippen LogP contribution in [0.5, 0.6) is 0 Å². The molecule has 0 bridgehead atoms. The van der Waals surface area contributed by atoms with Crippen LogP contribution in [0.3, 0.4) is 0 Å². The van der Waals surface area contributed by atoms with Gasteiger partial charge in [-0.3, -0.25) is 4.68 Å². The van der Waals surface area contributed by atoms with E-state index in [1.54, 1.807) is 0 Å². The second kappa shape index (κ2) is 12.2. The summed E-state index contributed by atoms with van der Waals surface area (Å²) in [6.07, 6.45) is 16.5. The van der Waals surface area contributed by atoms with Crippen LogP contribution in [0.2, 0.25) is 0 Å². The first kappa shape index (κ1) is 28.3. The Morgan fingerprint density at radius 3 is 2.29 bits per heavy atom. The summed E-state index contributed by atoms with van der Waals surface area (Å²) in [6, 6.07) is 2.26. The largest absolute Gasteiger partial charge is 0.382 e. The van der Waals surface area contributed by atoms with Gasteiger partial charge in [0, 0.05) is 54.7 Å². The zero-order valence-corrected chi connectivity index (χ0v) is 25.5. The number of nitrogens with one attached hydrogen (secondary N) is 1. The fourth-order valence-corrected chi connectivity index (χ4v) is 7.22. The van der Waals surface area contributed by atoms with E-state index in [1.165, 1.54) is 51.6 Å². The van der Waals surface area contributed by atoms with Crippen LogP contribution in [-0.2, 0) is 6.42 Å². The number of nitrogen functional groups attached to an aromatic ring is 1. The topological polar surface area (TPSA) is 101 Å². The van der Waals surface area contributed by atoms with Gasteiger partial charge in [-0.25, -0.2) is 15.0 Å². The van der Waals surface area contributed by atoms with Gasteiger partial charge in [0.05, 0.1) is 17.9 Å². The van der Waals surface area contributed by atoms with E-state index in [4.69, 9.17) is 20.8 Å². The third-order valence-electron chi connectivity index (χ3n) is 10.0. The number of hydrogen-bond donors (Lipinski definition) is 2. The summed E-state index contributed by atoms with van der Waals surface area (Å²) in [4.78, 5) is 20.0. The Kier molecular flexibility index (Phi) is 8.45.